The number of rotatable bonds is 5. The third kappa shape index (κ3) is 2.38. The van der Waals surface area contributed by atoms with Gasteiger partial charge in [-0.3, -0.25) is 0 Å². The van der Waals surface area contributed by atoms with Crippen LogP contribution in [-0.2, 0) is 6.54 Å². The lowest BCUT2D eigenvalue weighted by molar-refractivity contribution is 0.574. The lowest BCUT2D eigenvalue weighted by atomic mass is 10.1. The summed E-state index contributed by atoms with van der Waals surface area (Å²) in [6.45, 7) is 5.79. The van der Waals surface area contributed by atoms with Crippen LogP contribution in [0.4, 0.5) is 4.39 Å². The van der Waals surface area contributed by atoms with E-state index in [1.807, 2.05) is 0 Å². The fraction of sp³-hybridized carbons (Fsp3) is 0.500. The van der Waals surface area contributed by atoms with Crippen molar-refractivity contribution in [2.45, 2.75) is 39.2 Å². The van der Waals surface area contributed by atoms with Crippen LogP contribution < -0.4 is 5.73 Å². The van der Waals surface area contributed by atoms with Crippen LogP contribution in [0.3, 0.4) is 0 Å². The van der Waals surface area contributed by atoms with Crippen molar-refractivity contribution in [3.8, 4) is 0 Å². The Hall–Kier alpha value is -1.42. The molecule has 18 heavy (non-hydrogen) atoms. The topological polar surface area (TPSA) is 43.8 Å². The molecule has 0 aliphatic carbocycles. The Labute approximate surface area is 107 Å². The fourth-order valence-corrected chi connectivity index (χ4v) is 2.38. The van der Waals surface area contributed by atoms with Gasteiger partial charge in [-0.05, 0) is 38.4 Å². The second-order valence-electron chi connectivity index (χ2n) is 4.68. The number of benzene rings is 1. The molecule has 0 aliphatic rings. The van der Waals surface area contributed by atoms with Crippen LogP contribution in [0.15, 0.2) is 18.2 Å². The normalized spacial score (nSPS) is 13.1. The number of halogens is 1. The molecule has 1 heterocycles. The molecule has 0 amide bonds. The predicted molar refractivity (Wildman–Crippen MR) is 72.1 cm³/mol. The van der Waals surface area contributed by atoms with E-state index in [-0.39, 0.29) is 5.82 Å². The highest BCUT2D eigenvalue weighted by Gasteiger charge is 2.15. The first-order valence-electron chi connectivity index (χ1n) is 6.53. The molecule has 1 unspecified atom stereocenters. The monoisotopic (exact) mass is 249 g/mol. The lowest BCUT2D eigenvalue weighted by Gasteiger charge is -2.12. The van der Waals surface area contributed by atoms with Gasteiger partial charge in [-0.2, -0.15) is 0 Å². The summed E-state index contributed by atoms with van der Waals surface area (Å²) < 4.78 is 15.4. The number of hydrogen-bond donors (Lipinski definition) is 1. The van der Waals surface area contributed by atoms with Gasteiger partial charge in [0.05, 0.1) is 11.0 Å². The lowest BCUT2D eigenvalue weighted by Crippen LogP contribution is -2.08. The molecule has 0 bridgehead atoms. The molecule has 0 saturated heterocycles. The van der Waals surface area contributed by atoms with Gasteiger partial charge in [0.1, 0.15) is 11.6 Å². The van der Waals surface area contributed by atoms with Crippen molar-refractivity contribution in [3.05, 3.63) is 29.8 Å². The highest BCUT2D eigenvalue weighted by molar-refractivity contribution is 5.76. The molecular weight excluding hydrogens is 229 g/mol. The largest absolute Gasteiger partial charge is 0.330 e. The van der Waals surface area contributed by atoms with E-state index in [1.54, 1.807) is 6.07 Å². The second-order valence-corrected chi connectivity index (χ2v) is 4.68. The zero-order valence-electron chi connectivity index (χ0n) is 11.0. The summed E-state index contributed by atoms with van der Waals surface area (Å²) in [6.07, 6.45) is 2.00. The molecular formula is C14H20FN3. The average molecular weight is 249 g/mol. The third-order valence-electron chi connectivity index (χ3n) is 3.34. The van der Waals surface area contributed by atoms with E-state index in [9.17, 15) is 4.39 Å². The van der Waals surface area contributed by atoms with Gasteiger partial charge in [0.15, 0.2) is 0 Å². The SMILES string of the molecule is CCn1c(C(C)CCCN)nc2cc(F)ccc21. The van der Waals surface area contributed by atoms with Crippen molar-refractivity contribution < 1.29 is 4.39 Å². The Kier molecular flexibility index (Phi) is 3.97. The van der Waals surface area contributed by atoms with E-state index in [0.717, 1.165) is 36.2 Å². The van der Waals surface area contributed by atoms with Gasteiger partial charge in [-0.15, -0.1) is 0 Å². The molecule has 4 heteroatoms. The summed E-state index contributed by atoms with van der Waals surface area (Å²) in [6, 6.07) is 4.80. The molecule has 1 aromatic carbocycles. The van der Waals surface area contributed by atoms with E-state index < -0.39 is 0 Å². The number of imidazole rings is 1. The Bertz CT molecular complexity index is 533. The fourth-order valence-electron chi connectivity index (χ4n) is 2.38. The molecule has 0 saturated carbocycles. The summed E-state index contributed by atoms with van der Waals surface area (Å²) >= 11 is 0. The van der Waals surface area contributed by atoms with Crippen molar-refractivity contribution in [3.63, 3.8) is 0 Å². The molecule has 0 spiro atoms. The van der Waals surface area contributed by atoms with Crippen molar-refractivity contribution in [1.29, 1.82) is 0 Å². The number of aromatic nitrogens is 2. The van der Waals surface area contributed by atoms with Crippen LogP contribution in [-0.4, -0.2) is 16.1 Å². The van der Waals surface area contributed by atoms with Crippen LogP contribution in [0.1, 0.15) is 38.4 Å². The van der Waals surface area contributed by atoms with Gasteiger partial charge in [0.2, 0.25) is 0 Å². The minimum atomic E-state index is -0.232. The van der Waals surface area contributed by atoms with E-state index in [4.69, 9.17) is 5.73 Å². The van der Waals surface area contributed by atoms with Crippen molar-refractivity contribution in [2.24, 2.45) is 5.73 Å². The molecule has 3 nitrogen and oxygen atoms in total. The van der Waals surface area contributed by atoms with Gasteiger partial charge < -0.3 is 10.3 Å². The third-order valence-corrected chi connectivity index (χ3v) is 3.34. The predicted octanol–water partition coefficient (Wildman–Crippen LogP) is 3.04. The molecule has 0 radical (unpaired) electrons. The maximum Gasteiger partial charge on any atom is 0.125 e. The smallest absolute Gasteiger partial charge is 0.125 e. The van der Waals surface area contributed by atoms with Gasteiger partial charge in [-0.25, -0.2) is 9.37 Å². The number of aryl methyl sites for hydroxylation is 1. The molecule has 2 rings (SSSR count). The maximum absolute atomic E-state index is 13.2. The quantitative estimate of drug-likeness (QED) is 0.885. The Balaban J connectivity index is 2.43. The minimum absolute atomic E-state index is 0.232. The van der Waals surface area contributed by atoms with Crippen LogP contribution in [0.2, 0.25) is 0 Å². The Morgan fingerprint density at radius 3 is 2.89 bits per heavy atom. The molecule has 0 fully saturated rings. The first-order chi connectivity index (χ1) is 8.67. The summed E-state index contributed by atoms with van der Waals surface area (Å²) in [4.78, 5) is 4.58. The zero-order valence-corrected chi connectivity index (χ0v) is 11.0. The average Bonchev–Trinajstić information content (AvgIpc) is 2.73. The van der Waals surface area contributed by atoms with Crippen LogP contribution in [0.5, 0.6) is 0 Å². The van der Waals surface area contributed by atoms with Crippen molar-refractivity contribution >= 4 is 11.0 Å². The van der Waals surface area contributed by atoms with E-state index in [0.29, 0.717) is 12.5 Å². The highest BCUT2D eigenvalue weighted by Crippen LogP contribution is 2.25. The molecule has 1 atom stereocenters. The zero-order chi connectivity index (χ0) is 13.1. The van der Waals surface area contributed by atoms with E-state index in [2.05, 4.69) is 23.4 Å². The molecule has 0 aliphatic heterocycles. The van der Waals surface area contributed by atoms with E-state index >= 15 is 0 Å². The van der Waals surface area contributed by atoms with Crippen LogP contribution in [0.25, 0.3) is 11.0 Å². The van der Waals surface area contributed by atoms with Crippen molar-refractivity contribution in [2.75, 3.05) is 6.54 Å². The van der Waals surface area contributed by atoms with Gasteiger partial charge >= 0.3 is 0 Å². The highest BCUT2D eigenvalue weighted by atomic mass is 19.1. The number of fused-ring (bicyclic) bond motifs is 1. The summed E-state index contributed by atoms with van der Waals surface area (Å²) in [5.74, 6) is 1.15. The summed E-state index contributed by atoms with van der Waals surface area (Å²) in [7, 11) is 0. The maximum atomic E-state index is 13.2. The van der Waals surface area contributed by atoms with Crippen LogP contribution >= 0.6 is 0 Å². The molecule has 98 valence electrons. The summed E-state index contributed by atoms with van der Waals surface area (Å²) in [5, 5.41) is 0. The first-order valence-corrected chi connectivity index (χ1v) is 6.53. The second kappa shape index (κ2) is 5.48. The van der Waals surface area contributed by atoms with E-state index in [1.165, 1.54) is 12.1 Å². The Morgan fingerprint density at radius 2 is 2.22 bits per heavy atom. The standard InChI is InChI=1S/C14H20FN3/c1-3-18-13-7-6-11(15)9-12(13)17-14(18)10(2)5-4-8-16/h6-7,9-10H,3-5,8,16H2,1-2H3. The van der Waals surface area contributed by atoms with Crippen LogP contribution in [0, 0.1) is 5.82 Å². The molecule has 2 aromatic rings. The number of nitrogens with two attached hydrogens (primary N) is 1. The van der Waals surface area contributed by atoms with Gasteiger partial charge in [-0.1, -0.05) is 6.92 Å². The van der Waals surface area contributed by atoms with Gasteiger partial charge in [0.25, 0.3) is 0 Å². The summed E-state index contributed by atoms with van der Waals surface area (Å²) in [5.41, 5.74) is 7.29. The first kappa shape index (κ1) is 13.0. The molecule has 2 N–H and O–H groups in total. The number of hydrogen-bond acceptors (Lipinski definition) is 2. The van der Waals surface area contributed by atoms with Crippen molar-refractivity contribution in [1.82, 2.24) is 9.55 Å². The Morgan fingerprint density at radius 1 is 1.44 bits per heavy atom. The minimum Gasteiger partial charge on any atom is -0.330 e. The number of nitrogens with zero attached hydrogens (tertiary/aromatic N) is 2. The van der Waals surface area contributed by atoms with Gasteiger partial charge in [0, 0.05) is 18.5 Å². The molecule has 1 aromatic heterocycles.